The first-order valence-corrected chi connectivity index (χ1v) is 11.2. The Bertz CT molecular complexity index is 1030. The summed E-state index contributed by atoms with van der Waals surface area (Å²) in [7, 11) is 0. The average Bonchev–Trinajstić information content (AvgIpc) is 2.71. The van der Waals surface area contributed by atoms with Crippen molar-refractivity contribution in [1.82, 2.24) is 19.9 Å². The number of nitrogens with one attached hydrogen (secondary N) is 2. The van der Waals surface area contributed by atoms with E-state index in [1.54, 1.807) is 0 Å². The van der Waals surface area contributed by atoms with Crippen LogP contribution in [0.25, 0.3) is 10.9 Å². The van der Waals surface area contributed by atoms with E-state index in [0.717, 1.165) is 72.0 Å². The third-order valence-electron chi connectivity index (χ3n) is 5.48. The predicted octanol–water partition coefficient (Wildman–Crippen LogP) is 6.16. The first kappa shape index (κ1) is 31.9. The second-order valence-electron chi connectivity index (χ2n) is 8.14. The molecule has 0 fully saturated rings. The van der Waals surface area contributed by atoms with Gasteiger partial charge in [-0.2, -0.15) is 4.98 Å². The van der Waals surface area contributed by atoms with Gasteiger partial charge in [0.1, 0.15) is 5.82 Å². The minimum absolute atomic E-state index is 0. The van der Waals surface area contributed by atoms with Crippen molar-refractivity contribution in [2.45, 2.75) is 53.5 Å². The Morgan fingerprint density at radius 1 is 0.941 bits per heavy atom. The number of benzene rings is 1. The molecule has 7 nitrogen and oxygen atoms in total. The number of fused-ring (bicyclic) bond motifs is 1. The molecule has 34 heavy (non-hydrogen) atoms. The van der Waals surface area contributed by atoms with E-state index < -0.39 is 0 Å². The van der Waals surface area contributed by atoms with Gasteiger partial charge >= 0.3 is 0 Å². The van der Waals surface area contributed by atoms with Crippen molar-refractivity contribution in [3.63, 3.8) is 0 Å². The minimum atomic E-state index is 0. The Morgan fingerprint density at radius 2 is 1.62 bits per heavy atom. The van der Waals surface area contributed by atoms with Gasteiger partial charge in [0.25, 0.3) is 0 Å². The summed E-state index contributed by atoms with van der Waals surface area (Å²) < 4.78 is 0. The fourth-order valence-electron chi connectivity index (χ4n) is 3.77. The SMILES string of the molecule is CCN(CC)CCCC(C)Nc1nc(C)cc(Nc2ccc3nc(C)cc(N)c3c2)n1.Cl.Cl.Cl. The van der Waals surface area contributed by atoms with E-state index >= 15 is 0 Å². The summed E-state index contributed by atoms with van der Waals surface area (Å²) in [4.78, 5) is 16.2. The van der Waals surface area contributed by atoms with Crippen LogP contribution < -0.4 is 16.4 Å². The van der Waals surface area contributed by atoms with E-state index in [1.165, 1.54) is 0 Å². The maximum atomic E-state index is 6.19. The number of hydrogen-bond acceptors (Lipinski definition) is 7. The van der Waals surface area contributed by atoms with Crippen molar-refractivity contribution in [2.24, 2.45) is 0 Å². The predicted molar refractivity (Wildman–Crippen MR) is 153 cm³/mol. The summed E-state index contributed by atoms with van der Waals surface area (Å²) >= 11 is 0. The molecule has 0 saturated heterocycles. The zero-order chi connectivity index (χ0) is 22.4. The molecule has 0 radical (unpaired) electrons. The van der Waals surface area contributed by atoms with Gasteiger partial charge in [0.15, 0.2) is 0 Å². The molecular weight excluding hydrogens is 493 g/mol. The molecular formula is C24H38Cl3N7. The van der Waals surface area contributed by atoms with Gasteiger partial charge in [-0.25, -0.2) is 4.98 Å². The fourth-order valence-corrected chi connectivity index (χ4v) is 3.77. The monoisotopic (exact) mass is 529 g/mol. The van der Waals surface area contributed by atoms with Gasteiger partial charge in [0.05, 0.1) is 5.52 Å². The molecule has 0 bridgehead atoms. The Balaban J connectivity index is 0.00000363. The van der Waals surface area contributed by atoms with Gasteiger partial charge in [0, 0.05) is 40.3 Å². The van der Waals surface area contributed by atoms with Crippen LogP contribution in [0, 0.1) is 13.8 Å². The second kappa shape index (κ2) is 15.0. The highest BCUT2D eigenvalue weighted by molar-refractivity contribution is 5.93. The molecule has 3 rings (SSSR count). The quantitative estimate of drug-likeness (QED) is 0.289. The van der Waals surface area contributed by atoms with Crippen LogP contribution in [0.5, 0.6) is 0 Å². The van der Waals surface area contributed by atoms with Crippen molar-refractivity contribution in [3.05, 3.63) is 41.7 Å². The normalized spacial score (nSPS) is 11.2. The summed E-state index contributed by atoms with van der Waals surface area (Å²) in [5.74, 6) is 1.40. The van der Waals surface area contributed by atoms with E-state index in [4.69, 9.17) is 5.73 Å². The molecule has 3 aromatic rings. The molecule has 0 saturated carbocycles. The van der Waals surface area contributed by atoms with E-state index in [-0.39, 0.29) is 37.2 Å². The lowest BCUT2D eigenvalue weighted by molar-refractivity contribution is 0.295. The number of halogens is 3. The molecule has 1 aromatic carbocycles. The lowest BCUT2D eigenvalue weighted by Gasteiger charge is -2.20. The molecule has 0 aliphatic carbocycles. The molecule has 2 heterocycles. The number of pyridine rings is 1. The molecule has 1 atom stereocenters. The van der Waals surface area contributed by atoms with Crippen LogP contribution in [-0.4, -0.2) is 45.5 Å². The molecule has 0 aliphatic heterocycles. The van der Waals surface area contributed by atoms with Crippen molar-refractivity contribution >= 4 is 71.3 Å². The van der Waals surface area contributed by atoms with E-state index in [0.29, 0.717) is 12.0 Å². The third-order valence-corrected chi connectivity index (χ3v) is 5.48. The maximum Gasteiger partial charge on any atom is 0.225 e. The topological polar surface area (TPSA) is 92.0 Å². The molecule has 10 heteroatoms. The van der Waals surface area contributed by atoms with Gasteiger partial charge in [-0.05, 0) is 77.5 Å². The Labute approximate surface area is 222 Å². The smallest absolute Gasteiger partial charge is 0.225 e. The molecule has 0 aliphatic rings. The number of rotatable bonds is 10. The Morgan fingerprint density at radius 3 is 2.29 bits per heavy atom. The van der Waals surface area contributed by atoms with Crippen LogP contribution in [0.2, 0.25) is 0 Å². The summed E-state index contributed by atoms with van der Waals surface area (Å²) in [6, 6.07) is 10.1. The number of nitrogen functional groups attached to an aromatic ring is 1. The van der Waals surface area contributed by atoms with Crippen molar-refractivity contribution in [1.29, 1.82) is 0 Å². The van der Waals surface area contributed by atoms with Crippen LogP contribution in [0.1, 0.15) is 45.0 Å². The van der Waals surface area contributed by atoms with Gasteiger partial charge in [-0.1, -0.05) is 13.8 Å². The molecule has 1 unspecified atom stereocenters. The van der Waals surface area contributed by atoms with E-state index in [9.17, 15) is 0 Å². The van der Waals surface area contributed by atoms with Gasteiger partial charge in [-0.3, -0.25) is 4.98 Å². The standard InChI is InChI=1S/C24H35N7.3ClH/c1-6-31(7-2)12-8-9-16(3)27-24-28-18(5)14-23(30-24)29-19-10-11-22-20(15-19)21(25)13-17(4)26-22;;;/h10-11,13-16H,6-9,12H2,1-5H3,(H2,25,26)(H2,27,28,29,30);3*1H. The van der Waals surface area contributed by atoms with Crippen LogP contribution >= 0.6 is 37.2 Å². The van der Waals surface area contributed by atoms with Crippen molar-refractivity contribution in [2.75, 3.05) is 36.0 Å². The second-order valence-corrected chi connectivity index (χ2v) is 8.14. The average molecular weight is 531 g/mol. The zero-order valence-corrected chi connectivity index (χ0v) is 23.0. The van der Waals surface area contributed by atoms with Crippen LogP contribution in [0.3, 0.4) is 0 Å². The highest BCUT2D eigenvalue weighted by Crippen LogP contribution is 2.26. The van der Waals surface area contributed by atoms with E-state index in [2.05, 4.69) is 51.3 Å². The number of aromatic nitrogens is 3. The highest BCUT2D eigenvalue weighted by Gasteiger charge is 2.09. The lowest BCUT2D eigenvalue weighted by Crippen LogP contribution is -2.26. The van der Waals surface area contributed by atoms with Crippen LogP contribution in [0.15, 0.2) is 30.3 Å². The van der Waals surface area contributed by atoms with Crippen molar-refractivity contribution < 1.29 is 0 Å². The highest BCUT2D eigenvalue weighted by atomic mass is 35.5. The Kier molecular flexibility index (Phi) is 14.1. The number of nitrogens with two attached hydrogens (primary N) is 1. The number of aryl methyl sites for hydroxylation is 2. The zero-order valence-electron chi connectivity index (χ0n) is 20.6. The summed E-state index contributed by atoms with van der Waals surface area (Å²) in [5.41, 5.74) is 10.6. The maximum absolute atomic E-state index is 6.19. The summed E-state index contributed by atoms with van der Waals surface area (Å²) in [5, 5.41) is 7.77. The first-order chi connectivity index (χ1) is 14.9. The molecule has 4 N–H and O–H groups in total. The molecule has 190 valence electrons. The van der Waals surface area contributed by atoms with Gasteiger partial charge < -0.3 is 21.3 Å². The number of anilines is 4. The van der Waals surface area contributed by atoms with Gasteiger partial charge in [-0.15, -0.1) is 37.2 Å². The fraction of sp³-hybridized carbons (Fsp3) is 0.458. The number of nitrogens with zero attached hydrogens (tertiary/aromatic N) is 4. The largest absolute Gasteiger partial charge is 0.398 e. The lowest BCUT2D eigenvalue weighted by atomic mass is 10.1. The molecule has 0 amide bonds. The first-order valence-electron chi connectivity index (χ1n) is 11.2. The van der Waals surface area contributed by atoms with Crippen molar-refractivity contribution in [3.8, 4) is 0 Å². The van der Waals surface area contributed by atoms with Crippen LogP contribution in [0.4, 0.5) is 23.1 Å². The van der Waals surface area contributed by atoms with Gasteiger partial charge in [0.2, 0.25) is 5.95 Å². The Hall–Kier alpha value is -2.06. The third kappa shape index (κ3) is 8.95. The van der Waals surface area contributed by atoms with E-state index in [1.807, 2.05) is 44.2 Å². The minimum Gasteiger partial charge on any atom is -0.398 e. The molecule has 2 aromatic heterocycles. The summed E-state index contributed by atoms with van der Waals surface area (Å²) in [6.45, 7) is 13.9. The summed E-state index contributed by atoms with van der Waals surface area (Å²) in [6.07, 6.45) is 2.23. The number of hydrogen-bond donors (Lipinski definition) is 3. The molecule has 0 spiro atoms. The van der Waals surface area contributed by atoms with Crippen LogP contribution in [-0.2, 0) is 0 Å².